The SMILES string of the molecule is O=[N+]([O-])c1cc(C(F)(F)F)ccc1N=Nc1c(O)n(Cc2ccccc2)c2ccccc12. The number of alkyl halides is 3. The second-order valence-electron chi connectivity index (χ2n) is 6.92. The highest BCUT2D eigenvalue weighted by atomic mass is 19.4. The standard InChI is InChI=1S/C22H15F3N4O3/c23-22(24,25)15-10-11-17(19(12-15)29(31)32)26-27-20-16-8-4-5-9-18(16)28(21(20)30)13-14-6-2-1-3-7-14/h1-12,30H,13H2. The van der Waals surface area contributed by atoms with E-state index in [1.807, 2.05) is 30.3 Å². The van der Waals surface area contributed by atoms with Gasteiger partial charge in [0.1, 0.15) is 0 Å². The minimum Gasteiger partial charge on any atom is -0.493 e. The van der Waals surface area contributed by atoms with Crippen molar-refractivity contribution in [2.75, 3.05) is 0 Å². The Bertz CT molecular complexity index is 1330. The molecule has 0 saturated heterocycles. The van der Waals surface area contributed by atoms with E-state index in [0.29, 0.717) is 29.6 Å². The van der Waals surface area contributed by atoms with E-state index < -0.39 is 22.4 Å². The van der Waals surface area contributed by atoms with Gasteiger partial charge in [-0.3, -0.25) is 10.1 Å². The average molecular weight is 440 g/mol. The van der Waals surface area contributed by atoms with Crippen molar-refractivity contribution in [3.8, 4) is 5.88 Å². The molecule has 0 aliphatic carbocycles. The summed E-state index contributed by atoms with van der Waals surface area (Å²) in [7, 11) is 0. The number of fused-ring (bicyclic) bond motifs is 1. The largest absolute Gasteiger partial charge is 0.493 e. The lowest BCUT2D eigenvalue weighted by molar-refractivity contribution is -0.384. The second kappa shape index (κ2) is 8.14. The highest BCUT2D eigenvalue weighted by Crippen LogP contribution is 2.41. The molecule has 0 aliphatic rings. The van der Waals surface area contributed by atoms with Crippen molar-refractivity contribution >= 4 is 28.0 Å². The van der Waals surface area contributed by atoms with Crippen LogP contribution in [0.3, 0.4) is 0 Å². The molecule has 0 saturated carbocycles. The molecule has 0 unspecified atom stereocenters. The van der Waals surface area contributed by atoms with E-state index in [1.165, 1.54) is 0 Å². The predicted octanol–water partition coefficient (Wildman–Crippen LogP) is 6.74. The molecule has 0 bridgehead atoms. The third-order valence-electron chi connectivity index (χ3n) is 4.86. The van der Waals surface area contributed by atoms with Crippen molar-refractivity contribution in [3.05, 3.63) is 94.0 Å². The first kappa shape index (κ1) is 21.0. The summed E-state index contributed by atoms with van der Waals surface area (Å²) in [4.78, 5) is 10.3. The van der Waals surface area contributed by atoms with Crippen LogP contribution in [-0.4, -0.2) is 14.6 Å². The molecule has 1 aromatic heterocycles. The molecule has 0 amide bonds. The zero-order valence-electron chi connectivity index (χ0n) is 16.3. The first-order valence-electron chi connectivity index (χ1n) is 9.37. The Morgan fingerprint density at radius 3 is 2.34 bits per heavy atom. The molecule has 0 aliphatic heterocycles. The zero-order chi connectivity index (χ0) is 22.9. The van der Waals surface area contributed by atoms with Crippen LogP contribution in [-0.2, 0) is 12.7 Å². The molecule has 3 aromatic carbocycles. The van der Waals surface area contributed by atoms with Crippen LogP contribution < -0.4 is 0 Å². The Balaban J connectivity index is 1.79. The van der Waals surface area contributed by atoms with Gasteiger partial charge in [0.05, 0.1) is 22.5 Å². The van der Waals surface area contributed by atoms with Crippen molar-refractivity contribution < 1.29 is 23.2 Å². The molecule has 32 heavy (non-hydrogen) atoms. The Morgan fingerprint density at radius 2 is 1.66 bits per heavy atom. The van der Waals surface area contributed by atoms with Crippen LogP contribution in [0, 0.1) is 10.1 Å². The third-order valence-corrected chi connectivity index (χ3v) is 4.86. The van der Waals surface area contributed by atoms with Crippen molar-refractivity contribution in [1.82, 2.24) is 4.57 Å². The van der Waals surface area contributed by atoms with Crippen LogP contribution in [0.1, 0.15) is 11.1 Å². The Hall–Kier alpha value is -4.21. The van der Waals surface area contributed by atoms with Gasteiger partial charge < -0.3 is 9.67 Å². The van der Waals surface area contributed by atoms with Gasteiger partial charge in [0.2, 0.25) is 5.88 Å². The lowest BCUT2D eigenvalue weighted by atomic mass is 10.1. The summed E-state index contributed by atoms with van der Waals surface area (Å²) in [5.41, 5.74) is -0.718. The van der Waals surface area contributed by atoms with Gasteiger partial charge in [-0.2, -0.15) is 13.2 Å². The number of aromatic hydroxyl groups is 1. The molecule has 4 rings (SSSR count). The quantitative estimate of drug-likeness (QED) is 0.212. The molecule has 10 heteroatoms. The third kappa shape index (κ3) is 4.02. The van der Waals surface area contributed by atoms with Crippen molar-refractivity contribution in [2.45, 2.75) is 12.7 Å². The van der Waals surface area contributed by atoms with Crippen LogP contribution in [0.4, 0.5) is 30.2 Å². The highest BCUT2D eigenvalue weighted by molar-refractivity contribution is 5.95. The molecule has 0 spiro atoms. The summed E-state index contributed by atoms with van der Waals surface area (Å²) < 4.78 is 40.3. The maximum Gasteiger partial charge on any atom is 0.416 e. The normalized spacial score (nSPS) is 12.0. The Labute approximate surface area is 179 Å². The van der Waals surface area contributed by atoms with E-state index in [1.54, 1.807) is 28.8 Å². The summed E-state index contributed by atoms with van der Waals surface area (Å²) in [6.07, 6.45) is -4.73. The molecule has 7 nitrogen and oxygen atoms in total. The maximum absolute atomic E-state index is 12.9. The number of benzene rings is 3. The number of aromatic nitrogens is 1. The number of nitrogens with zero attached hydrogens (tertiary/aromatic N) is 4. The lowest BCUT2D eigenvalue weighted by Gasteiger charge is -2.07. The molecule has 1 N–H and O–H groups in total. The van der Waals surface area contributed by atoms with Crippen LogP contribution in [0.5, 0.6) is 5.88 Å². The van der Waals surface area contributed by atoms with Gasteiger partial charge in [-0.1, -0.05) is 48.5 Å². The van der Waals surface area contributed by atoms with E-state index in [9.17, 15) is 28.4 Å². The fourth-order valence-corrected chi connectivity index (χ4v) is 3.33. The van der Waals surface area contributed by atoms with Crippen molar-refractivity contribution in [1.29, 1.82) is 0 Å². The van der Waals surface area contributed by atoms with E-state index >= 15 is 0 Å². The number of azo groups is 1. The van der Waals surface area contributed by atoms with E-state index in [0.717, 1.165) is 11.6 Å². The highest BCUT2D eigenvalue weighted by Gasteiger charge is 2.33. The van der Waals surface area contributed by atoms with Gasteiger partial charge in [-0.15, -0.1) is 10.2 Å². The number of para-hydroxylation sites is 1. The second-order valence-corrected chi connectivity index (χ2v) is 6.92. The molecular formula is C22H15F3N4O3. The van der Waals surface area contributed by atoms with Crippen molar-refractivity contribution in [3.63, 3.8) is 0 Å². The molecule has 0 fully saturated rings. The number of halogens is 3. The lowest BCUT2D eigenvalue weighted by Crippen LogP contribution is -2.05. The number of nitro groups is 1. The van der Waals surface area contributed by atoms with Gasteiger partial charge in [0, 0.05) is 11.5 Å². The van der Waals surface area contributed by atoms with Gasteiger partial charge in [0.15, 0.2) is 11.4 Å². The van der Waals surface area contributed by atoms with Crippen molar-refractivity contribution in [2.24, 2.45) is 10.2 Å². The summed E-state index contributed by atoms with van der Waals surface area (Å²) >= 11 is 0. The molecule has 4 aromatic rings. The fraction of sp³-hybridized carbons (Fsp3) is 0.0909. The van der Waals surface area contributed by atoms with Gasteiger partial charge in [-0.05, 0) is 23.8 Å². The average Bonchev–Trinajstić information content (AvgIpc) is 3.03. The summed E-state index contributed by atoms with van der Waals surface area (Å²) in [5, 5.41) is 30.4. The zero-order valence-corrected chi connectivity index (χ0v) is 16.3. The number of nitro benzene ring substituents is 1. The summed E-state index contributed by atoms with van der Waals surface area (Å²) in [6.45, 7) is 0.336. The molecular weight excluding hydrogens is 425 g/mol. The van der Waals surface area contributed by atoms with Crippen LogP contribution >= 0.6 is 0 Å². The minimum absolute atomic E-state index is 0.0609. The first-order chi connectivity index (χ1) is 15.3. The molecule has 0 atom stereocenters. The predicted molar refractivity (Wildman–Crippen MR) is 111 cm³/mol. The minimum atomic E-state index is -4.73. The Morgan fingerprint density at radius 1 is 0.969 bits per heavy atom. The summed E-state index contributed by atoms with van der Waals surface area (Å²) in [5.74, 6) is -0.214. The smallest absolute Gasteiger partial charge is 0.416 e. The molecule has 1 heterocycles. The summed E-state index contributed by atoms with van der Waals surface area (Å²) in [6, 6.07) is 18.3. The number of hydrogen-bond acceptors (Lipinski definition) is 5. The van der Waals surface area contributed by atoms with E-state index in [4.69, 9.17) is 0 Å². The maximum atomic E-state index is 12.9. The van der Waals surface area contributed by atoms with Crippen LogP contribution in [0.25, 0.3) is 10.9 Å². The first-order valence-corrected chi connectivity index (χ1v) is 9.37. The van der Waals surface area contributed by atoms with Gasteiger partial charge in [-0.25, -0.2) is 0 Å². The van der Waals surface area contributed by atoms with E-state index in [-0.39, 0.29) is 17.3 Å². The van der Waals surface area contributed by atoms with Crippen LogP contribution in [0.2, 0.25) is 0 Å². The molecule has 0 radical (unpaired) electrons. The number of rotatable bonds is 5. The topological polar surface area (TPSA) is 93.0 Å². The van der Waals surface area contributed by atoms with Gasteiger partial charge in [0.25, 0.3) is 5.69 Å². The van der Waals surface area contributed by atoms with Crippen LogP contribution in [0.15, 0.2) is 83.0 Å². The Kier molecular flexibility index (Phi) is 5.35. The molecule has 162 valence electrons. The van der Waals surface area contributed by atoms with Gasteiger partial charge >= 0.3 is 6.18 Å². The monoisotopic (exact) mass is 440 g/mol. The number of hydrogen-bond donors (Lipinski definition) is 1. The fourth-order valence-electron chi connectivity index (χ4n) is 3.33. The van der Waals surface area contributed by atoms with E-state index in [2.05, 4.69) is 10.2 Å².